The van der Waals surface area contributed by atoms with Crippen LogP contribution in [-0.2, 0) is 22.6 Å². The molecule has 0 spiro atoms. The fourth-order valence-electron chi connectivity index (χ4n) is 3.88. The molecule has 1 N–H and O–H groups in total. The molecule has 2 saturated heterocycles. The highest BCUT2D eigenvalue weighted by Gasteiger charge is 2.20. The van der Waals surface area contributed by atoms with Gasteiger partial charge < -0.3 is 14.6 Å². The van der Waals surface area contributed by atoms with Crippen LogP contribution in [0.3, 0.4) is 0 Å². The van der Waals surface area contributed by atoms with E-state index < -0.39 is 0 Å². The zero-order chi connectivity index (χ0) is 21.5. The van der Waals surface area contributed by atoms with Gasteiger partial charge in [-0.3, -0.25) is 19.6 Å². The molecule has 0 radical (unpaired) electrons. The van der Waals surface area contributed by atoms with Gasteiger partial charge in [0, 0.05) is 62.2 Å². The van der Waals surface area contributed by atoms with E-state index in [1.54, 1.807) is 18.3 Å². The molecular formula is C24H29N3O4. The fourth-order valence-corrected chi connectivity index (χ4v) is 3.88. The molecule has 7 heteroatoms. The SMILES string of the molecule is O=C(/C=C/c1ccccn1)c1cc(CN2CCOCC2)c(O)c(CN2CCOCC2)c1. The Morgan fingerprint density at radius 2 is 1.55 bits per heavy atom. The number of aromatic nitrogens is 1. The number of ketones is 1. The van der Waals surface area contributed by atoms with Crippen molar-refractivity contribution < 1.29 is 19.4 Å². The summed E-state index contributed by atoms with van der Waals surface area (Å²) in [5, 5.41) is 11.0. The Balaban J connectivity index is 1.59. The van der Waals surface area contributed by atoms with Crippen LogP contribution < -0.4 is 0 Å². The molecule has 2 fully saturated rings. The molecule has 2 aliphatic heterocycles. The van der Waals surface area contributed by atoms with Crippen molar-refractivity contribution in [2.45, 2.75) is 13.1 Å². The fraction of sp³-hybridized carbons (Fsp3) is 0.417. The lowest BCUT2D eigenvalue weighted by Gasteiger charge is -2.29. The highest BCUT2D eigenvalue weighted by molar-refractivity contribution is 6.07. The topological polar surface area (TPSA) is 75.1 Å². The lowest BCUT2D eigenvalue weighted by Crippen LogP contribution is -2.36. The quantitative estimate of drug-likeness (QED) is 0.541. The third-order valence-electron chi connectivity index (χ3n) is 5.64. The normalized spacial score (nSPS) is 18.5. The van der Waals surface area contributed by atoms with Crippen molar-refractivity contribution >= 4 is 11.9 Å². The molecule has 0 saturated carbocycles. The Morgan fingerprint density at radius 1 is 0.968 bits per heavy atom. The Hall–Kier alpha value is -2.58. The van der Waals surface area contributed by atoms with E-state index in [4.69, 9.17) is 9.47 Å². The van der Waals surface area contributed by atoms with E-state index in [1.807, 2.05) is 30.3 Å². The van der Waals surface area contributed by atoms with Crippen molar-refractivity contribution in [3.8, 4) is 5.75 Å². The largest absolute Gasteiger partial charge is 0.507 e. The molecular weight excluding hydrogens is 394 g/mol. The number of hydrogen-bond acceptors (Lipinski definition) is 7. The summed E-state index contributed by atoms with van der Waals surface area (Å²) in [6, 6.07) is 9.22. The minimum Gasteiger partial charge on any atom is -0.507 e. The number of allylic oxidation sites excluding steroid dienone is 1. The molecule has 1 aromatic carbocycles. The van der Waals surface area contributed by atoms with E-state index in [0.717, 1.165) is 43.0 Å². The lowest BCUT2D eigenvalue weighted by molar-refractivity contribution is 0.0327. The minimum absolute atomic E-state index is 0.0999. The highest BCUT2D eigenvalue weighted by Crippen LogP contribution is 2.28. The minimum atomic E-state index is -0.0999. The van der Waals surface area contributed by atoms with Crippen LogP contribution in [-0.4, -0.2) is 78.3 Å². The number of rotatable bonds is 7. The Labute approximate surface area is 182 Å². The van der Waals surface area contributed by atoms with Gasteiger partial charge in [0.15, 0.2) is 5.78 Å². The van der Waals surface area contributed by atoms with Gasteiger partial charge in [-0.25, -0.2) is 0 Å². The number of hydrogen-bond donors (Lipinski definition) is 1. The molecule has 3 heterocycles. The third-order valence-corrected chi connectivity index (χ3v) is 5.64. The van der Waals surface area contributed by atoms with Crippen LogP contribution in [0.5, 0.6) is 5.75 Å². The van der Waals surface area contributed by atoms with Crippen molar-refractivity contribution in [2.75, 3.05) is 52.6 Å². The van der Waals surface area contributed by atoms with Crippen LogP contribution >= 0.6 is 0 Å². The van der Waals surface area contributed by atoms with E-state index in [1.165, 1.54) is 0 Å². The van der Waals surface area contributed by atoms with Crippen LogP contribution in [0.25, 0.3) is 6.08 Å². The van der Waals surface area contributed by atoms with E-state index in [-0.39, 0.29) is 11.5 Å². The number of pyridine rings is 1. The summed E-state index contributed by atoms with van der Waals surface area (Å²) in [5.41, 5.74) is 2.87. The van der Waals surface area contributed by atoms with Crippen molar-refractivity contribution in [3.05, 3.63) is 65.0 Å². The van der Waals surface area contributed by atoms with Crippen molar-refractivity contribution in [2.24, 2.45) is 0 Å². The van der Waals surface area contributed by atoms with Gasteiger partial charge >= 0.3 is 0 Å². The van der Waals surface area contributed by atoms with Gasteiger partial charge in [-0.2, -0.15) is 0 Å². The average molecular weight is 424 g/mol. The predicted molar refractivity (Wildman–Crippen MR) is 118 cm³/mol. The first-order valence-electron chi connectivity index (χ1n) is 10.8. The first-order valence-corrected chi connectivity index (χ1v) is 10.8. The smallest absolute Gasteiger partial charge is 0.185 e. The number of ether oxygens (including phenoxy) is 2. The molecule has 164 valence electrons. The number of carbonyl (C=O) groups excluding carboxylic acids is 1. The maximum atomic E-state index is 13.0. The summed E-state index contributed by atoms with van der Waals surface area (Å²) in [6.07, 6.45) is 4.97. The number of nitrogens with zero attached hydrogens (tertiary/aromatic N) is 3. The molecule has 7 nitrogen and oxygen atoms in total. The molecule has 0 unspecified atom stereocenters. The molecule has 0 aliphatic carbocycles. The zero-order valence-electron chi connectivity index (χ0n) is 17.7. The van der Waals surface area contributed by atoms with Crippen LogP contribution in [0, 0.1) is 0 Å². The number of carbonyl (C=O) groups is 1. The standard InChI is InChI=1S/C24H29N3O4/c28-23(5-4-22-3-1-2-6-25-22)19-15-20(17-26-7-11-30-12-8-26)24(29)21(16-19)18-27-9-13-31-14-10-27/h1-6,15-16,29H,7-14,17-18H2/b5-4+. The monoisotopic (exact) mass is 423 g/mol. The summed E-state index contributed by atoms with van der Waals surface area (Å²) in [5.74, 6) is 0.181. The number of benzene rings is 1. The number of phenols is 1. The summed E-state index contributed by atoms with van der Waals surface area (Å²) >= 11 is 0. The molecule has 31 heavy (non-hydrogen) atoms. The number of phenolic OH excluding ortho intramolecular Hbond substituents is 1. The lowest BCUT2D eigenvalue weighted by atomic mass is 9.99. The summed E-state index contributed by atoms with van der Waals surface area (Å²) in [7, 11) is 0. The van der Waals surface area contributed by atoms with Gasteiger partial charge in [-0.15, -0.1) is 0 Å². The second-order valence-electron chi connectivity index (χ2n) is 7.87. The van der Waals surface area contributed by atoms with E-state index in [9.17, 15) is 9.90 Å². The number of morpholine rings is 2. The maximum Gasteiger partial charge on any atom is 0.185 e. The van der Waals surface area contributed by atoms with Gasteiger partial charge in [-0.1, -0.05) is 6.07 Å². The molecule has 0 bridgehead atoms. The Bertz CT molecular complexity index is 863. The van der Waals surface area contributed by atoms with Gasteiger partial charge in [-0.05, 0) is 36.4 Å². The van der Waals surface area contributed by atoms with E-state index in [0.29, 0.717) is 45.1 Å². The van der Waals surface area contributed by atoms with Crippen LogP contribution in [0.4, 0.5) is 0 Å². The van der Waals surface area contributed by atoms with Crippen molar-refractivity contribution in [3.63, 3.8) is 0 Å². The summed E-state index contributed by atoms with van der Waals surface area (Å²) < 4.78 is 10.9. The van der Waals surface area contributed by atoms with E-state index >= 15 is 0 Å². The second kappa shape index (κ2) is 10.6. The zero-order valence-corrected chi connectivity index (χ0v) is 17.7. The summed E-state index contributed by atoms with van der Waals surface area (Å²) in [6.45, 7) is 7.20. The van der Waals surface area contributed by atoms with Crippen molar-refractivity contribution in [1.82, 2.24) is 14.8 Å². The molecule has 2 aliphatic rings. The van der Waals surface area contributed by atoms with Gasteiger partial charge in [0.05, 0.1) is 32.1 Å². The maximum absolute atomic E-state index is 13.0. The molecule has 2 aromatic rings. The van der Waals surface area contributed by atoms with Crippen LogP contribution in [0.15, 0.2) is 42.6 Å². The average Bonchev–Trinajstić information content (AvgIpc) is 2.82. The predicted octanol–water partition coefficient (Wildman–Crippen LogP) is 2.35. The van der Waals surface area contributed by atoms with E-state index in [2.05, 4.69) is 14.8 Å². The van der Waals surface area contributed by atoms with Gasteiger partial charge in [0.2, 0.25) is 0 Å². The van der Waals surface area contributed by atoms with Crippen LogP contribution in [0.2, 0.25) is 0 Å². The molecule has 0 amide bonds. The Morgan fingerprint density at radius 3 is 2.06 bits per heavy atom. The molecule has 0 atom stereocenters. The summed E-state index contributed by atoms with van der Waals surface area (Å²) in [4.78, 5) is 21.7. The Kier molecular flexibility index (Phi) is 7.43. The molecule has 1 aromatic heterocycles. The molecule has 4 rings (SSSR count). The van der Waals surface area contributed by atoms with Gasteiger partial charge in [0.25, 0.3) is 0 Å². The van der Waals surface area contributed by atoms with Crippen LogP contribution in [0.1, 0.15) is 27.2 Å². The third kappa shape index (κ3) is 5.98. The first-order chi connectivity index (χ1) is 15.2. The highest BCUT2D eigenvalue weighted by atomic mass is 16.5. The van der Waals surface area contributed by atoms with Gasteiger partial charge in [0.1, 0.15) is 5.75 Å². The first kappa shape index (κ1) is 21.6. The number of aromatic hydroxyl groups is 1. The van der Waals surface area contributed by atoms with Crippen molar-refractivity contribution in [1.29, 1.82) is 0 Å². The second-order valence-corrected chi connectivity index (χ2v) is 7.87.